The number of pyridine rings is 1. The van der Waals surface area contributed by atoms with Crippen LogP contribution in [0.3, 0.4) is 0 Å². The molecular weight excluding hydrogens is 462 g/mol. The van der Waals surface area contributed by atoms with E-state index in [0.717, 1.165) is 18.4 Å². The third kappa shape index (κ3) is 6.19. The number of carbonyl (C=O) groups excluding carboxylic acids is 2. The molecule has 8 heteroatoms. The lowest BCUT2D eigenvalue weighted by molar-refractivity contribution is -0.134. The molecule has 4 rings (SSSR count). The summed E-state index contributed by atoms with van der Waals surface area (Å²) in [6.07, 6.45) is 5.67. The number of hydrogen-bond acceptors (Lipinski definition) is 6. The molecule has 0 spiro atoms. The molecule has 2 aromatic heterocycles. The molecule has 1 atom stereocenters. The second-order valence-corrected chi connectivity index (χ2v) is 9.43. The monoisotopic (exact) mass is 493 g/mol. The van der Waals surface area contributed by atoms with Crippen LogP contribution in [-0.4, -0.2) is 40.9 Å². The molecule has 0 fully saturated rings. The summed E-state index contributed by atoms with van der Waals surface area (Å²) < 4.78 is 11.7. The molecule has 0 radical (unpaired) electrons. The van der Waals surface area contributed by atoms with Gasteiger partial charge in [-0.15, -0.1) is 11.3 Å². The van der Waals surface area contributed by atoms with E-state index in [1.165, 1.54) is 10.4 Å². The van der Waals surface area contributed by atoms with Gasteiger partial charge in [-0.05, 0) is 72.7 Å². The van der Waals surface area contributed by atoms with Gasteiger partial charge in [0, 0.05) is 35.9 Å². The highest BCUT2D eigenvalue weighted by Gasteiger charge is 2.29. The summed E-state index contributed by atoms with van der Waals surface area (Å²) in [6, 6.07) is 10.4. The van der Waals surface area contributed by atoms with Gasteiger partial charge in [0.05, 0.1) is 6.61 Å². The van der Waals surface area contributed by atoms with E-state index in [9.17, 15) is 9.59 Å². The Balaban J connectivity index is 1.44. The van der Waals surface area contributed by atoms with E-state index in [1.54, 1.807) is 41.9 Å². The fourth-order valence-electron chi connectivity index (χ4n) is 4.12. The van der Waals surface area contributed by atoms with Gasteiger partial charge in [-0.3, -0.25) is 14.6 Å². The second kappa shape index (κ2) is 11.8. The molecule has 0 bridgehead atoms. The van der Waals surface area contributed by atoms with E-state index in [4.69, 9.17) is 9.47 Å². The quantitative estimate of drug-likeness (QED) is 0.446. The van der Waals surface area contributed by atoms with Gasteiger partial charge in [0.1, 0.15) is 12.6 Å². The van der Waals surface area contributed by atoms with Crippen LogP contribution in [0.4, 0.5) is 0 Å². The third-order valence-corrected chi connectivity index (χ3v) is 6.97. The summed E-state index contributed by atoms with van der Waals surface area (Å²) in [4.78, 5) is 33.7. The summed E-state index contributed by atoms with van der Waals surface area (Å²) in [5.74, 6) is 0.723. The second-order valence-electron chi connectivity index (χ2n) is 8.43. The molecule has 1 aromatic carbocycles. The molecule has 3 aromatic rings. The number of nitrogens with zero attached hydrogens (tertiary/aromatic N) is 2. The number of hydrogen-bond donors (Lipinski definition) is 1. The molecule has 184 valence electrons. The molecule has 2 amide bonds. The van der Waals surface area contributed by atoms with Crippen molar-refractivity contribution in [3.8, 4) is 11.5 Å². The number of rotatable bonds is 10. The highest BCUT2D eigenvalue weighted by atomic mass is 32.1. The summed E-state index contributed by atoms with van der Waals surface area (Å²) in [5.41, 5.74) is 2.62. The van der Waals surface area contributed by atoms with E-state index >= 15 is 0 Å². The Bertz CT molecular complexity index is 1150. The van der Waals surface area contributed by atoms with Crippen LogP contribution >= 0.6 is 11.3 Å². The topological polar surface area (TPSA) is 80.8 Å². The zero-order chi connectivity index (χ0) is 24.6. The number of fused-ring (bicyclic) bond motifs is 1. The SMILES string of the molecule is CCCC(NC(=O)c1ccc(OCc2ccncc2)c(OCC)c1)C(=O)N1CCc2sccc2C1. The Labute approximate surface area is 210 Å². The lowest BCUT2D eigenvalue weighted by atomic mass is 10.1. The van der Waals surface area contributed by atoms with Crippen molar-refractivity contribution in [1.82, 2.24) is 15.2 Å². The van der Waals surface area contributed by atoms with Gasteiger partial charge in [-0.25, -0.2) is 0 Å². The van der Waals surface area contributed by atoms with Crippen molar-refractivity contribution in [3.63, 3.8) is 0 Å². The van der Waals surface area contributed by atoms with Crippen LogP contribution in [0, 0.1) is 0 Å². The molecule has 1 aliphatic heterocycles. The Kier molecular flexibility index (Phi) is 8.36. The van der Waals surface area contributed by atoms with Crippen LogP contribution in [0.2, 0.25) is 0 Å². The molecule has 0 aliphatic carbocycles. The van der Waals surface area contributed by atoms with Crippen molar-refractivity contribution < 1.29 is 19.1 Å². The minimum atomic E-state index is -0.564. The van der Waals surface area contributed by atoms with E-state index in [1.807, 2.05) is 30.9 Å². The molecule has 3 heterocycles. The number of nitrogens with one attached hydrogen (secondary N) is 1. The Morgan fingerprint density at radius 1 is 1.11 bits per heavy atom. The van der Waals surface area contributed by atoms with E-state index < -0.39 is 6.04 Å². The summed E-state index contributed by atoms with van der Waals surface area (Å²) >= 11 is 1.74. The van der Waals surface area contributed by atoms with Crippen LogP contribution in [0.1, 0.15) is 53.1 Å². The van der Waals surface area contributed by atoms with Gasteiger partial charge in [0.2, 0.25) is 5.91 Å². The van der Waals surface area contributed by atoms with Crippen LogP contribution in [0.15, 0.2) is 54.2 Å². The van der Waals surface area contributed by atoms with E-state index in [-0.39, 0.29) is 11.8 Å². The molecule has 0 saturated heterocycles. The highest BCUT2D eigenvalue weighted by molar-refractivity contribution is 7.10. The van der Waals surface area contributed by atoms with Gasteiger partial charge < -0.3 is 19.7 Å². The maximum atomic E-state index is 13.3. The standard InChI is InChI=1S/C27H31N3O4S/c1-3-5-22(27(32)30-14-10-25-21(17-30)11-15-35-25)29-26(31)20-6-7-23(24(16-20)33-4-2)34-18-19-8-12-28-13-9-19/h6-9,11-13,15-16,22H,3-5,10,14,17-18H2,1-2H3,(H,29,31). The fraction of sp³-hybridized carbons (Fsp3) is 0.370. The normalized spacial score (nSPS) is 13.6. The maximum absolute atomic E-state index is 13.3. The third-order valence-electron chi connectivity index (χ3n) is 5.95. The van der Waals surface area contributed by atoms with Crippen LogP contribution in [0.25, 0.3) is 0 Å². The van der Waals surface area contributed by atoms with Crippen molar-refractivity contribution in [3.05, 3.63) is 75.7 Å². The smallest absolute Gasteiger partial charge is 0.252 e. The lowest BCUT2D eigenvalue weighted by Gasteiger charge is -2.31. The molecule has 1 N–H and O–H groups in total. The molecule has 1 aliphatic rings. The average Bonchev–Trinajstić information content (AvgIpc) is 3.36. The van der Waals surface area contributed by atoms with Crippen LogP contribution in [0.5, 0.6) is 11.5 Å². The largest absolute Gasteiger partial charge is 0.490 e. The maximum Gasteiger partial charge on any atom is 0.252 e. The Hall–Kier alpha value is -3.39. The number of aromatic nitrogens is 1. The van der Waals surface area contributed by atoms with Crippen LogP contribution in [-0.2, 0) is 24.4 Å². The molecular formula is C27H31N3O4S. The lowest BCUT2D eigenvalue weighted by Crippen LogP contribution is -2.49. The molecule has 1 unspecified atom stereocenters. The Morgan fingerprint density at radius 3 is 2.71 bits per heavy atom. The summed E-state index contributed by atoms with van der Waals surface area (Å²) in [7, 11) is 0. The number of carbonyl (C=O) groups is 2. The molecule has 7 nitrogen and oxygen atoms in total. The van der Waals surface area contributed by atoms with Crippen molar-refractivity contribution in [2.24, 2.45) is 0 Å². The van der Waals surface area contributed by atoms with E-state index in [2.05, 4.69) is 21.7 Å². The number of thiophene rings is 1. The number of amides is 2. The first-order valence-electron chi connectivity index (χ1n) is 12.0. The summed E-state index contributed by atoms with van der Waals surface area (Å²) in [6.45, 7) is 5.98. The van der Waals surface area contributed by atoms with Crippen molar-refractivity contribution in [1.29, 1.82) is 0 Å². The zero-order valence-electron chi connectivity index (χ0n) is 20.2. The predicted octanol–water partition coefficient (Wildman–Crippen LogP) is 4.60. The van der Waals surface area contributed by atoms with Gasteiger partial charge in [0.25, 0.3) is 5.91 Å². The number of ether oxygens (including phenoxy) is 2. The predicted molar refractivity (Wildman–Crippen MR) is 136 cm³/mol. The van der Waals surface area contributed by atoms with Gasteiger partial charge in [0.15, 0.2) is 11.5 Å². The van der Waals surface area contributed by atoms with Gasteiger partial charge in [-0.2, -0.15) is 0 Å². The molecule has 35 heavy (non-hydrogen) atoms. The first-order valence-corrected chi connectivity index (χ1v) is 12.9. The average molecular weight is 494 g/mol. The minimum Gasteiger partial charge on any atom is -0.490 e. The first kappa shape index (κ1) is 24.7. The van der Waals surface area contributed by atoms with Crippen molar-refractivity contribution >= 4 is 23.2 Å². The Morgan fingerprint density at radius 2 is 1.94 bits per heavy atom. The van der Waals surface area contributed by atoms with Crippen molar-refractivity contribution in [2.75, 3.05) is 13.2 Å². The van der Waals surface area contributed by atoms with E-state index in [0.29, 0.717) is 49.8 Å². The van der Waals surface area contributed by atoms with Gasteiger partial charge >= 0.3 is 0 Å². The molecule has 0 saturated carbocycles. The van der Waals surface area contributed by atoms with Gasteiger partial charge in [-0.1, -0.05) is 13.3 Å². The zero-order valence-corrected chi connectivity index (χ0v) is 21.0. The first-order chi connectivity index (χ1) is 17.1. The fourth-order valence-corrected chi connectivity index (χ4v) is 5.01. The summed E-state index contributed by atoms with van der Waals surface area (Å²) in [5, 5.41) is 5.04. The van der Waals surface area contributed by atoms with Crippen LogP contribution < -0.4 is 14.8 Å². The highest BCUT2D eigenvalue weighted by Crippen LogP contribution is 2.30. The minimum absolute atomic E-state index is 0.0283. The number of benzene rings is 1. The van der Waals surface area contributed by atoms with Crippen molar-refractivity contribution in [2.45, 2.75) is 52.3 Å².